The summed E-state index contributed by atoms with van der Waals surface area (Å²) in [7, 11) is -3.89. The summed E-state index contributed by atoms with van der Waals surface area (Å²) in [6.07, 6.45) is 1.12. The zero-order valence-electron chi connectivity index (χ0n) is 9.41. The second kappa shape index (κ2) is 4.57. The lowest BCUT2D eigenvalue weighted by Gasteiger charge is -2.05. The predicted octanol–water partition coefficient (Wildman–Crippen LogP) is 0.232. The number of amides is 1. The minimum absolute atomic E-state index is 0.0148. The number of carbonyl (C=O) groups excluding carboxylic acids is 1. The summed E-state index contributed by atoms with van der Waals surface area (Å²) in [6.45, 7) is 1.84. The molecule has 0 radical (unpaired) electrons. The van der Waals surface area contributed by atoms with E-state index >= 15 is 0 Å². The van der Waals surface area contributed by atoms with Crippen molar-refractivity contribution in [3.63, 3.8) is 0 Å². The number of rotatable bonds is 3. The van der Waals surface area contributed by atoms with E-state index < -0.39 is 15.9 Å². The van der Waals surface area contributed by atoms with Crippen LogP contribution in [0.4, 0.5) is 0 Å². The second-order valence-corrected chi connectivity index (χ2v) is 5.26. The minimum Gasteiger partial charge on any atom is -0.265 e. The van der Waals surface area contributed by atoms with E-state index in [4.69, 9.17) is 0 Å². The molecule has 0 saturated heterocycles. The number of hydrogen-bond acceptors (Lipinski definition) is 5. The van der Waals surface area contributed by atoms with Crippen molar-refractivity contribution >= 4 is 15.9 Å². The lowest BCUT2D eigenvalue weighted by molar-refractivity contribution is 0.0972. The molecule has 2 rings (SSSR count). The van der Waals surface area contributed by atoms with Gasteiger partial charge in [-0.15, -0.1) is 0 Å². The molecule has 0 unspecified atom stereocenters. The molecule has 1 amide bonds. The fourth-order valence-corrected chi connectivity index (χ4v) is 2.21. The van der Waals surface area contributed by atoms with Crippen molar-refractivity contribution in [1.82, 2.24) is 19.9 Å². The summed E-state index contributed by atoms with van der Waals surface area (Å²) in [4.78, 5) is 15.1. The van der Waals surface area contributed by atoms with Crippen LogP contribution in [0.2, 0.25) is 0 Å². The highest BCUT2D eigenvalue weighted by atomic mass is 32.2. The van der Waals surface area contributed by atoms with E-state index in [1.54, 1.807) is 12.1 Å². The summed E-state index contributed by atoms with van der Waals surface area (Å²) >= 11 is 0. The number of aryl methyl sites for hydroxylation is 1. The number of carbonyl (C=O) groups is 1. The van der Waals surface area contributed by atoms with Crippen molar-refractivity contribution in [3.8, 4) is 0 Å². The Kier molecular flexibility index (Phi) is 3.11. The van der Waals surface area contributed by atoms with Crippen molar-refractivity contribution in [1.29, 1.82) is 0 Å². The highest BCUT2D eigenvalue weighted by Gasteiger charge is 2.19. The van der Waals surface area contributed by atoms with E-state index in [9.17, 15) is 13.2 Å². The molecule has 2 aromatic rings. The number of aromatic nitrogens is 3. The molecular weight excluding hydrogens is 256 g/mol. The lowest BCUT2D eigenvalue weighted by atomic mass is 10.2. The van der Waals surface area contributed by atoms with Crippen LogP contribution < -0.4 is 4.72 Å². The van der Waals surface area contributed by atoms with Gasteiger partial charge >= 0.3 is 5.91 Å². The second-order valence-electron chi connectivity index (χ2n) is 3.58. The lowest BCUT2D eigenvalue weighted by Crippen LogP contribution is -2.31. The average Bonchev–Trinajstić information content (AvgIpc) is 2.82. The first-order valence-corrected chi connectivity index (χ1v) is 6.46. The van der Waals surface area contributed by atoms with E-state index in [0.717, 1.165) is 11.9 Å². The Morgan fingerprint density at radius 2 is 1.94 bits per heavy atom. The maximum absolute atomic E-state index is 11.9. The summed E-state index contributed by atoms with van der Waals surface area (Å²) in [5.74, 6) is -1.02. The summed E-state index contributed by atoms with van der Waals surface area (Å²) in [5.41, 5.74) is 0.926. The molecule has 1 heterocycles. The number of sulfonamides is 1. The first-order chi connectivity index (χ1) is 8.49. The third kappa shape index (κ3) is 2.54. The molecule has 0 spiro atoms. The molecule has 1 aromatic heterocycles. The van der Waals surface area contributed by atoms with E-state index in [2.05, 4.69) is 15.2 Å². The fraction of sp³-hybridized carbons (Fsp3) is 0.100. The van der Waals surface area contributed by atoms with Gasteiger partial charge in [-0.25, -0.2) is 18.1 Å². The molecular formula is C10H10N4O3S. The van der Waals surface area contributed by atoms with Crippen LogP contribution in [0, 0.1) is 6.92 Å². The van der Waals surface area contributed by atoms with Crippen molar-refractivity contribution in [2.24, 2.45) is 0 Å². The van der Waals surface area contributed by atoms with Crippen LogP contribution >= 0.6 is 0 Å². The molecule has 94 valence electrons. The molecule has 0 bridgehead atoms. The quantitative estimate of drug-likeness (QED) is 0.827. The van der Waals surface area contributed by atoms with E-state index in [-0.39, 0.29) is 10.7 Å². The van der Waals surface area contributed by atoms with E-state index in [1.807, 2.05) is 11.6 Å². The van der Waals surface area contributed by atoms with Crippen molar-refractivity contribution in [2.75, 3.05) is 0 Å². The SMILES string of the molecule is Cc1ccc(S(=O)(=O)NC(=O)c2ncn[nH]2)cc1. The van der Waals surface area contributed by atoms with Crippen LogP contribution in [0.5, 0.6) is 0 Å². The molecule has 8 heteroatoms. The Balaban J connectivity index is 2.22. The zero-order valence-corrected chi connectivity index (χ0v) is 10.2. The van der Waals surface area contributed by atoms with Gasteiger partial charge in [-0.2, -0.15) is 5.10 Å². The van der Waals surface area contributed by atoms with Gasteiger partial charge in [0.2, 0.25) is 5.82 Å². The normalized spacial score (nSPS) is 11.2. The van der Waals surface area contributed by atoms with Crippen molar-refractivity contribution < 1.29 is 13.2 Å². The Labute approximate surface area is 103 Å². The van der Waals surface area contributed by atoms with E-state index in [0.29, 0.717) is 0 Å². The first kappa shape index (κ1) is 12.2. The van der Waals surface area contributed by atoms with Gasteiger partial charge in [-0.1, -0.05) is 17.7 Å². The zero-order chi connectivity index (χ0) is 13.2. The minimum atomic E-state index is -3.89. The molecule has 0 fully saturated rings. The van der Waals surface area contributed by atoms with Gasteiger partial charge in [0.25, 0.3) is 10.0 Å². The average molecular weight is 266 g/mol. The van der Waals surface area contributed by atoms with Gasteiger partial charge in [0, 0.05) is 0 Å². The van der Waals surface area contributed by atoms with Crippen LogP contribution in [0.1, 0.15) is 16.2 Å². The molecule has 7 nitrogen and oxygen atoms in total. The topological polar surface area (TPSA) is 105 Å². The highest BCUT2D eigenvalue weighted by molar-refractivity contribution is 7.90. The summed E-state index contributed by atoms with van der Waals surface area (Å²) in [6, 6.07) is 6.14. The smallest absolute Gasteiger partial charge is 0.265 e. The third-order valence-corrected chi connectivity index (χ3v) is 3.54. The number of H-pyrrole nitrogens is 1. The standard InChI is InChI=1S/C10H10N4O3S/c1-7-2-4-8(5-3-7)18(16,17)14-10(15)9-11-6-12-13-9/h2-6H,1H3,(H,14,15)(H,11,12,13). The Morgan fingerprint density at radius 1 is 1.28 bits per heavy atom. The Hall–Kier alpha value is -2.22. The van der Waals surface area contributed by atoms with Gasteiger partial charge in [-0.05, 0) is 19.1 Å². The largest absolute Gasteiger partial charge is 0.302 e. The van der Waals surface area contributed by atoms with Gasteiger partial charge in [0.15, 0.2) is 0 Å². The van der Waals surface area contributed by atoms with Gasteiger partial charge in [0.1, 0.15) is 6.33 Å². The molecule has 0 atom stereocenters. The van der Waals surface area contributed by atoms with Gasteiger partial charge in [-0.3, -0.25) is 9.89 Å². The number of benzene rings is 1. The molecule has 18 heavy (non-hydrogen) atoms. The molecule has 1 aromatic carbocycles. The van der Waals surface area contributed by atoms with Gasteiger partial charge in [0.05, 0.1) is 4.90 Å². The summed E-state index contributed by atoms with van der Waals surface area (Å²) in [5, 5.41) is 5.75. The van der Waals surface area contributed by atoms with Crippen LogP contribution in [0.3, 0.4) is 0 Å². The first-order valence-electron chi connectivity index (χ1n) is 4.98. The molecule has 0 aliphatic carbocycles. The number of nitrogens with zero attached hydrogens (tertiary/aromatic N) is 2. The van der Waals surface area contributed by atoms with Crippen molar-refractivity contribution in [2.45, 2.75) is 11.8 Å². The molecule has 0 aliphatic heterocycles. The van der Waals surface area contributed by atoms with Crippen LogP contribution in [0.25, 0.3) is 0 Å². The maximum atomic E-state index is 11.9. The number of hydrogen-bond donors (Lipinski definition) is 2. The van der Waals surface area contributed by atoms with Crippen LogP contribution in [0.15, 0.2) is 35.5 Å². The Bertz CT molecular complexity index is 647. The fourth-order valence-electron chi connectivity index (χ4n) is 1.26. The van der Waals surface area contributed by atoms with Crippen LogP contribution in [-0.4, -0.2) is 29.5 Å². The molecule has 0 saturated carbocycles. The Morgan fingerprint density at radius 3 is 2.50 bits per heavy atom. The monoisotopic (exact) mass is 266 g/mol. The predicted molar refractivity (Wildman–Crippen MR) is 62.2 cm³/mol. The third-order valence-electron chi connectivity index (χ3n) is 2.19. The molecule has 0 aliphatic rings. The summed E-state index contributed by atoms with van der Waals surface area (Å²) < 4.78 is 25.6. The van der Waals surface area contributed by atoms with Crippen molar-refractivity contribution in [3.05, 3.63) is 42.0 Å². The van der Waals surface area contributed by atoms with E-state index in [1.165, 1.54) is 12.1 Å². The number of aromatic amines is 1. The highest BCUT2D eigenvalue weighted by Crippen LogP contribution is 2.10. The molecule has 2 N–H and O–H groups in total. The van der Waals surface area contributed by atoms with Crippen LogP contribution in [-0.2, 0) is 10.0 Å². The van der Waals surface area contributed by atoms with Gasteiger partial charge < -0.3 is 0 Å². The maximum Gasteiger partial charge on any atom is 0.302 e. The number of nitrogens with one attached hydrogen (secondary N) is 2.